The van der Waals surface area contributed by atoms with Crippen molar-refractivity contribution in [3.05, 3.63) is 23.2 Å². The summed E-state index contributed by atoms with van der Waals surface area (Å²) in [5, 5.41) is 7.83. The van der Waals surface area contributed by atoms with E-state index in [0.29, 0.717) is 49.3 Å². The molecule has 2 aromatic heterocycles. The van der Waals surface area contributed by atoms with Crippen LogP contribution in [-0.4, -0.2) is 59.1 Å². The Morgan fingerprint density at radius 3 is 2.37 bits per heavy atom. The molecular formula is C17H27N5O4S. The third kappa shape index (κ3) is 4.22. The average molecular weight is 398 g/mol. The molecule has 0 amide bonds. The predicted molar refractivity (Wildman–Crippen MR) is 97.6 cm³/mol. The molecule has 1 saturated heterocycles. The summed E-state index contributed by atoms with van der Waals surface area (Å²) in [6, 6.07) is 0. The fourth-order valence-corrected chi connectivity index (χ4v) is 4.90. The van der Waals surface area contributed by atoms with Crippen LogP contribution in [0, 0.1) is 13.8 Å². The highest BCUT2D eigenvalue weighted by molar-refractivity contribution is 7.89. The van der Waals surface area contributed by atoms with Gasteiger partial charge >= 0.3 is 0 Å². The van der Waals surface area contributed by atoms with E-state index >= 15 is 0 Å². The zero-order chi connectivity index (χ0) is 19.8. The Labute approximate surface area is 159 Å². The van der Waals surface area contributed by atoms with Gasteiger partial charge in [-0.3, -0.25) is 4.90 Å². The Morgan fingerprint density at radius 2 is 1.78 bits per heavy atom. The maximum Gasteiger partial charge on any atom is 0.248 e. The Hall–Kier alpha value is -1.78. The summed E-state index contributed by atoms with van der Waals surface area (Å²) in [5.41, 5.74) is 0.207. The first-order valence-electron chi connectivity index (χ1n) is 9.07. The van der Waals surface area contributed by atoms with Gasteiger partial charge < -0.3 is 9.05 Å². The molecule has 3 heterocycles. The van der Waals surface area contributed by atoms with E-state index in [1.807, 2.05) is 20.8 Å². The molecule has 1 aliphatic rings. The second-order valence-corrected chi connectivity index (χ2v) is 9.83. The summed E-state index contributed by atoms with van der Waals surface area (Å²) in [7, 11) is -3.61. The van der Waals surface area contributed by atoms with E-state index in [-0.39, 0.29) is 10.3 Å². The molecule has 3 rings (SSSR count). The van der Waals surface area contributed by atoms with Crippen LogP contribution in [-0.2, 0) is 22.0 Å². The molecule has 9 nitrogen and oxygen atoms in total. The molecule has 10 heteroatoms. The van der Waals surface area contributed by atoms with Crippen molar-refractivity contribution in [3.8, 4) is 0 Å². The topological polar surface area (TPSA) is 106 Å². The quantitative estimate of drug-likeness (QED) is 0.770. The molecule has 0 N–H and O–H groups in total. The van der Waals surface area contributed by atoms with Crippen molar-refractivity contribution in [2.24, 2.45) is 0 Å². The van der Waals surface area contributed by atoms with E-state index in [9.17, 15) is 8.42 Å². The summed E-state index contributed by atoms with van der Waals surface area (Å²) in [6.07, 6.45) is 0.729. The maximum atomic E-state index is 13.0. The van der Waals surface area contributed by atoms with Crippen molar-refractivity contribution in [1.82, 2.24) is 24.5 Å². The second kappa shape index (κ2) is 7.33. The smallest absolute Gasteiger partial charge is 0.248 e. The minimum atomic E-state index is -3.61. The summed E-state index contributed by atoms with van der Waals surface area (Å²) < 4.78 is 37.9. The highest BCUT2D eigenvalue weighted by Crippen LogP contribution is 2.25. The highest BCUT2D eigenvalue weighted by Gasteiger charge is 2.32. The van der Waals surface area contributed by atoms with Gasteiger partial charge in [-0.15, -0.1) is 0 Å². The van der Waals surface area contributed by atoms with Crippen molar-refractivity contribution in [2.45, 2.75) is 57.9 Å². The first-order chi connectivity index (χ1) is 12.6. The van der Waals surface area contributed by atoms with Gasteiger partial charge in [0, 0.05) is 25.0 Å². The third-order valence-electron chi connectivity index (χ3n) is 4.59. The molecule has 0 aromatic carbocycles. The summed E-state index contributed by atoms with van der Waals surface area (Å²) in [4.78, 5) is 6.80. The summed E-state index contributed by atoms with van der Waals surface area (Å²) in [5.74, 6) is 1.56. The van der Waals surface area contributed by atoms with Crippen LogP contribution in [0.15, 0.2) is 13.9 Å². The van der Waals surface area contributed by atoms with Crippen LogP contribution in [0.4, 0.5) is 0 Å². The standard InChI is InChI=1S/C17H27N5O4S/c1-12-15(13(2)25-19-12)27(23,24)22-8-6-7-21(9-10-22)11-14-18-16(26-20-14)17(3,4)5/h6-11H2,1-5H3. The van der Waals surface area contributed by atoms with E-state index in [2.05, 4.69) is 20.2 Å². The van der Waals surface area contributed by atoms with Gasteiger partial charge in [0.05, 0.1) is 6.54 Å². The fraction of sp³-hybridized carbons (Fsp3) is 0.706. The van der Waals surface area contributed by atoms with Crippen LogP contribution >= 0.6 is 0 Å². The first-order valence-corrected chi connectivity index (χ1v) is 10.5. The third-order valence-corrected chi connectivity index (χ3v) is 6.73. The number of nitrogens with zero attached hydrogens (tertiary/aromatic N) is 5. The number of aryl methyl sites for hydroxylation is 2. The largest absolute Gasteiger partial charge is 0.360 e. The number of rotatable bonds is 4. The molecule has 1 aliphatic heterocycles. The molecule has 0 saturated carbocycles. The van der Waals surface area contributed by atoms with E-state index in [1.54, 1.807) is 13.8 Å². The van der Waals surface area contributed by atoms with Crippen molar-refractivity contribution < 1.29 is 17.5 Å². The molecule has 0 radical (unpaired) electrons. The van der Waals surface area contributed by atoms with Crippen LogP contribution < -0.4 is 0 Å². The SMILES string of the molecule is Cc1noc(C)c1S(=O)(=O)N1CCCN(Cc2noc(C(C)(C)C)n2)CC1. The van der Waals surface area contributed by atoms with Crippen molar-refractivity contribution in [1.29, 1.82) is 0 Å². The van der Waals surface area contributed by atoms with Crippen LogP contribution in [0.5, 0.6) is 0 Å². The average Bonchev–Trinajstić information content (AvgIpc) is 3.08. The van der Waals surface area contributed by atoms with Crippen LogP contribution in [0.25, 0.3) is 0 Å². The van der Waals surface area contributed by atoms with Gasteiger partial charge in [-0.2, -0.15) is 9.29 Å². The second-order valence-electron chi connectivity index (χ2n) is 7.95. The van der Waals surface area contributed by atoms with Gasteiger partial charge in [-0.05, 0) is 26.8 Å². The Balaban J connectivity index is 1.68. The molecule has 0 spiro atoms. The molecule has 27 heavy (non-hydrogen) atoms. The minimum absolute atomic E-state index is 0.184. The summed E-state index contributed by atoms with van der Waals surface area (Å²) in [6.45, 7) is 12.1. The lowest BCUT2D eigenvalue weighted by atomic mass is 9.97. The van der Waals surface area contributed by atoms with Gasteiger partial charge in [0.2, 0.25) is 15.9 Å². The molecule has 2 aromatic rings. The maximum absolute atomic E-state index is 13.0. The van der Waals surface area contributed by atoms with Gasteiger partial charge in [-0.25, -0.2) is 8.42 Å². The lowest BCUT2D eigenvalue weighted by molar-refractivity contribution is 0.264. The zero-order valence-corrected chi connectivity index (χ0v) is 17.3. The number of aromatic nitrogens is 3. The zero-order valence-electron chi connectivity index (χ0n) is 16.5. The van der Waals surface area contributed by atoms with Crippen LogP contribution in [0.2, 0.25) is 0 Å². The van der Waals surface area contributed by atoms with Crippen LogP contribution in [0.3, 0.4) is 0 Å². The van der Waals surface area contributed by atoms with Gasteiger partial charge in [0.25, 0.3) is 0 Å². The van der Waals surface area contributed by atoms with Crippen molar-refractivity contribution in [3.63, 3.8) is 0 Å². The van der Waals surface area contributed by atoms with Crippen molar-refractivity contribution >= 4 is 10.0 Å². The molecule has 0 aliphatic carbocycles. The molecule has 0 unspecified atom stereocenters. The predicted octanol–water partition coefficient (Wildman–Crippen LogP) is 1.87. The van der Waals surface area contributed by atoms with Crippen LogP contribution in [0.1, 0.15) is 50.4 Å². The monoisotopic (exact) mass is 397 g/mol. The number of hydrogen-bond acceptors (Lipinski definition) is 8. The van der Waals surface area contributed by atoms with Gasteiger partial charge in [-0.1, -0.05) is 31.1 Å². The number of hydrogen-bond donors (Lipinski definition) is 0. The number of sulfonamides is 1. The Kier molecular flexibility index (Phi) is 5.42. The van der Waals surface area contributed by atoms with E-state index in [4.69, 9.17) is 9.05 Å². The minimum Gasteiger partial charge on any atom is -0.360 e. The lowest BCUT2D eigenvalue weighted by Crippen LogP contribution is -2.35. The van der Waals surface area contributed by atoms with E-state index < -0.39 is 10.0 Å². The fourth-order valence-electron chi connectivity index (χ4n) is 3.14. The van der Waals surface area contributed by atoms with E-state index in [1.165, 1.54) is 4.31 Å². The molecule has 0 bridgehead atoms. The molecule has 150 valence electrons. The molecule has 0 atom stereocenters. The molecule has 1 fully saturated rings. The van der Waals surface area contributed by atoms with Gasteiger partial charge in [0.15, 0.2) is 11.6 Å². The Morgan fingerprint density at radius 1 is 1.04 bits per heavy atom. The lowest BCUT2D eigenvalue weighted by Gasteiger charge is -2.20. The summed E-state index contributed by atoms with van der Waals surface area (Å²) >= 11 is 0. The molecular weight excluding hydrogens is 370 g/mol. The normalized spacial score (nSPS) is 18.0. The van der Waals surface area contributed by atoms with E-state index in [0.717, 1.165) is 13.0 Å². The first kappa shape index (κ1) is 20.0. The van der Waals surface area contributed by atoms with Crippen molar-refractivity contribution in [2.75, 3.05) is 26.2 Å². The highest BCUT2D eigenvalue weighted by atomic mass is 32.2. The Bertz CT molecular complexity index is 877. The van der Waals surface area contributed by atoms with Gasteiger partial charge in [0.1, 0.15) is 10.6 Å².